The molecule has 1 aliphatic heterocycles. The van der Waals surface area contributed by atoms with Crippen molar-refractivity contribution >= 4 is 22.7 Å². The van der Waals surface area contributed by atoms with Crippen LogP contribution < -0.4 is 0 Å². The van der Waals surface area contributed by atoms with Gasteiger partial charge in [0, 0.05) is 43.6 Å². The van der Waals surface area contributed by atoms with E-state index in [-0.39, 0.29) is 0 Å². The van der Waals surface area contributed by atoms with Gasteiger partial charge < -0.3 is 0 Å². The van der Waals surface area contributed by atoms with E-state index in [0.29, 0.717) is 5.82 Å². The maximum absolute atomic E-state index is 5.26. The first-order chi connectivity index (χ1) is 29.7. The zero-order valence-corrected chi connectivity index (χ0v) is 33.4. The van der Waals surface area contributed by atoms with Gasteiger partial charge in [-0.05, 0) is 75.3 Å². The molecule has 0 saturated heterocycles. The number of benzene rings is 8. The highest BCUT2D eigenvalue weighted by Gasteiger charge is 2.44. The van der Waals surface area contributed by atoms with E-state index in [1.807, 2.05) is 36.2 Å². The van der Waals surface area contributed by atoms with Crippen molar-refractivity contribution in [2.75, 3.05) is 0 Å². The molecule has 0 aliphatic carbocycles. The van der Waals surface area contributed by atoms with Crippen LogP contribution >= 0.6 is 11.8 Å². The molecule has 282 valence electrons. The summed E-state index contributed by atoms with van der Waals surface area (Å²) >= 11 is 1.84. The van der Waals surface area contributed by atoms with Crippen molar-refractivity contribution in [3.8, 4) is 56.2 Å². The van der Waals surface area contributed by atoms with Crippen LogP contribution in [0.1, 0.15) is 22.3 Å². The highest BCUT2D eigenvalue weighted by Crippen LogP contribution is 2.57. The molecule has 4 heteroatoms. The van der Waals surface area contributed by atoms with E-state index in [2.05, 4.69) is 200 Å². The Kier molecular flexibility index (Phi) is 8.98. The molecule has 8 aromatic carbocycles. The number of hydrogen-bond acceptors (Lipinski definition) is 4. The molecule has 0 amide bonds. The molecule has 0 saturated carbocycles. The normalized spacial score (nSPS) is 12.7. The highest BCUT2D eigenvalue weighted by molar-refractivity contribution is 7.99. The van der Waals surface area contributed by atoms with Crippen LogP contribution in [0, 0.1) is 0 Å². The van der Waals surface area contributed by atoms with Crippen LogP contribution in [0.4, 0.5) is 0 Å². The van der Waals surface area contributed by atoms with Crippen molar-refractivity contribution in [1.82, 2.24) is 15.0 Å². The van der Waals surface area contributed by atoms with Crippen molar-refractivity contribution in [3.05, 3.63) is 247 Å². The van der Waals surface area contributed by atoms with Gasteiger partial charge in [0.15, 0.2) is 5.82 Å². The molecule has 60 heavy (non-hydrogen) atoms. The van der Waals surface area contributed by atoms with Crippen molar-refractivity contribution in [1.29, 1.82) is 0 Å². The zero-order valence-electron chi connectivity index (χ0n) is 32.6. The average Bonchev–Trinajstić information content (AvgIpc) is 3.34. The summed E-state index contributed by atoms with van der Waals surface area (Å²) in [5.74, 6) is 0.694. The van der Waals surface area contributed by atoms with E-state index in [1.54, 1.807) is 0 Å². The van der Waals surface area contributed by atoms with E-state index in [4.69, 9.17) is 15.0 Å². The fourth-order valence-corrected chi connectivity index (χ4v) is 9.99. The Morgan fingerprint density at radius 1 is 0.367 bits per heavy atom. The predicted octanol–water partition coefficient (Wildman–Crippen LogP) is 14.2. The van der Waals surface area contributed by atoms with Crippen LogP contribution in [0.3, 0.4) is 0 Å². The van der Waals surface area contributed by atoms with Gasteiger partial charge in [-0.1, -0.05) is 194 Å². The fourth-order valence-electron chi connectivity index (χ4n) is 8.84. The summed E-state index contributed by atoms with van der Waals surface area (Å²) in [6, 6.07) is 78.1. The lowest BCUT2D eigenvalue weighted by atomic mass is 9.64. The highest BCUT2D eigenvalue weighted by atomic mass is 32.2. The van der Waals surface area contributed by atoms with Gasteiger partial charge in [-0.25, -0.2) is 9.97 Å². The van der Waals surface area contributed by atoms with Gasteiger partial charge in [0.2, 0.25) is 0 Å². The van der Waals surface area contributed by atoms with Crippen molar-refractivity contribution in [2.45, 2.75) is 15.2 Å². The predicted molar refractivity (Wildman–Crippen MR) is 247 cm³/mol. The summed E-state index contributed by atoms with van der Waals surface area (Å²) in [6.07, 6.45) is 1.87. The summed E-state index contributed by atoms with van der Waals surface area (Å²) in [5, 5.41) is 1.14. The number of fused-ring (bicyclic) bond motifs is 3. The molecule has 0 bridgehead atoms. The van der Waals surface area contributed by atoms with Gasteiger partial charge in [-0.15, -0.1) is 0 Å². The Balaban J connectivity index is 1.10. The van der Waals surface area contributed by atoms with Crippen LogP contribution in [0.5, 0.6) is 0 Å². The monoisotopic (exact) mass is 783 g/mol. The maximum Gasteiger partial charge on any atom is 0.160 e. The number of para-hydroxylation sites is 1. The third-order valence-electron chi connectivity index (χ3n) is 11.7. The standard InChI is InChI=1S/C56H37N3S/c1-5-15-40(16-6-1)50-37-51(41-17-7-2-8-18-41)59-55(58-50)44-31-33-53-49(36-44)56(45-21-9-3-10-22-45,46-23-11-4-12-24-46)48-35-43(30-32-52(48)60-53)38-26-28-39(29-27-38)47-25-13-19-42-20-14-34-57-54(42)47/h1-37H. The molecule has 0 unspecified atom stereocenters. The number of rotatable bonds is 7. The maximum atomic E-state index is 5.26. The lowest BCUT2D eigenvalue weighted by molar-refractivity contribution is 0.703. The molecule has 0 radical (unpaired) electrons. The Morgan fingerprint density at radius 3 is 1.47 bits per heavy atom. The van der Waals surface area contributed by atoms with Crippen molar-refractivity contribution in [3.63, 3.8) is 0 Å². The van der Waals surface area contributed by atoms with Gasteiger partial charge in [-0.3, -0.25) is 4.98 Å². The first-order valence-corrected chi connectivity index (χ1v) is 21.1. The smallest absolute Gasteiger partial charge is 0.160 e. The quantitative estimate of drug-likeness (QED) is 0.161. The summed E-state index contributed by atoms with van der Waals surface area (Å²) in [5.41, 5.74) is 14.7. The molecule has 1 aliphatic rings. The number of pyridine rings is 1. The van der Waals surface area contributed by atoms with Gasteiger partial charge in [0.25, 0.3) is 0 Å². The first kappa shape index (κ1) is 35.7. The Morgan fingerprint density at radius 2 is 0.867 bits per heavy atom. The minimum Gasteiger partial charge on any atom is -0.256 e. The molecular weight excluding hydrogens is 747 g/mol. The summed E-state index contributed by atoms with van der Waals surface area (Å²) in [6.45, 7) is 0. The third-order valence-corrected chi connectivity index (χ3v) is 12.8. The van der Waals surface area contributed by atoms with Crippen LogP contribution in [0.25, 0.3) is 67.1 Å². The van der Waals surface area contributed by atoms with E-state index >= 15 is 0 Å². The Hall–Kier alpha value is -7.40. The van der Waals surface area contributed by atoms with Gasteiger partial charge in [-0.2, -0.15) is 0 Å². The molecule has 10 aromatic rings. The van der Waals surface area contributed by atoms with E-state index in [1.165, 1.54) is 37.6 Å². The zero-order chi connectivity index (χ0) is 39.9. The molecule has 11 rings (SSSR count). The summed E-state index contributed by atoms with van der Waals surface area (Å²) < 4.78 is 0. The molecule has 3 heterocycles. The van der Waals surface area contributed by atoms with Crippen LogP contribution in [-0.4, -0.2) is 15.0 Å². The molecule has 0 fully saturated rings. The molecule has 0 atom stereocenters. The van der Waals surface area contributed by atoms with Crippen molar-refractivity contribution < 1.29 is 0 Å². The van der Waals surface area contributed by atoms with E-state index in [9.17, 15) is 0 Å². The molecular formula is C56H37N3S. The second-order valence-corrected chi connectivity index (χ2v) is 16.2. The minimum absolute atomic E-state index is 0.641. The third kappa shape index (κ3) is 6.21. The van der Waals surface area contributed by atoms with Crippen LogP contribution in [-0.2, 0) is 5.41 Å². The number of aromatic nitrogens is 3. The Labute approximate surface area is 354 Å². The van der Waals surface area contributed by atoms with Crippen LogP contribution in [0.2, 0.25) is 0 Å². The second kappa shape index (κ2) is 15.1. The molecule has 3 nitrogen and oxygen atoms in total. The summed E-state index contributed by atoms with van der Waals surface area (Å²) in [4.78, 5) is 17.7. The topological polar surface area (TPSA) is 38.7 Å². The van der Waals surface area contributed by atoms with Crippen LogP contribution in [0.15, 0.2) is 234 Å². The first-order valence-electron chi connectivity index (χ1n) is 20.3. The molecule has 0 N–H and O–H groups in total. The Bertz CT molecular complexity index is 3050. The average molecular weight is 784 g/mol. The van der Waals surface area contributed by atoms with E-state index in [0.717, 1.165) is 55.7 Å². The van der Waals surface area contributed by atoms with E-state index < -0.39 is 5.41 Å². The molecule has 2 aromatic heterocycles. The minimum atomic E-state index is -0.641. The van der Waals surface area contributed by atoms with Crippen molar-refractivity contribution in [2.24, 2.45) is 0 Å². The fraction of sp³-hybridized carbons (Fsp3) is 0.0179. The molecule has 0 spiro atoms. The number of nitrogens with zero attached hydrogens (tertiary/aromatic N) is 3. The lowest BCUT2D eigenvalue weighted by Gasteiger charge is -2.42. The lowest BCUT2D eigenvalue weighted by Crippen LogP contribution is -2.34. The number of hydrogen-bond donors (Lipinski definition) is 0. The summed E-state index contributed by atoms with van der Waals surface area (Å²) in [7, 11) is 0. The van der Waals surface area contributed by atoms with Gasteiger partial charge in [0.05, 0.1) is 22.3 Å². The van der Waals surface area contributed by atoms with Gasteiger partial charge in [0.1, 0.15) is 0 Å². The largest absolute Gasteiger partial charge is 0.256 e. The second-order valence-electron chi connectivity index (χ2n) is 15.2. The SMILES string of the molecule is c1ccc(-c2cc(-c3ccccc3)nc(-c3ccc4c(c3)C(c3ccccc3)(c3ccccc3)c3cc(-c5ccc(-c6cccc7cccnc67)cc5)ccc3S4)n2)cc1. The van der Waals surface area contributed by atoms with Gasteiger partial charge >= 0.3 is 0 Å².